The van der Waals surface area contributed by atoms with Gasteiger partial charge in [-0.1, -0.05) is 105 Å². The highest BCUT2D eigenvalue weighted by Gasteiger charge is 2.30. The van der Waals surface area contributed by atoms with Gasteiger partial charge in [-0.15, -0.1) is 11.3 Å². The van der Waals surface area contributed by atoms with Crippen molar-refractivity contribution in [3.8, 4) is 0 Å². The first-order valence-corrected chi connectivity index (χ1v) is 45.7. The number of aliphatic imine (C=N–C) groups is 5. The minimum absolute atomic E-state index is 0.0109. The fourth-order valence-corrected chi connectivity index (χ4v) is 18.7. The standard InChI is InChI=1S/C21H28N4O2.C20H26N4O.C19H20N4O2S.C19H20N4OS.C18H19N5OS/c22-21(23)25-11-9-17(15-4-2-1-3-5-15)19(26)13-14-6-7-18-16(12-14)8-10-24-20(18)27;21-20(22)24-19(15-3-1-2-4-15)8-7-18(25)12-14-5-6-17-13-23-10-9-16(17)11-14;20-19(21)23-16(17-2-1-9-26-17)6-4-14(24)11-12-3-5-15-13(10-12)7-8-22-18(15)25;20-19(21)23-7-4-17(16-5-8-25-12-16)18(24)10-13-1-2-15-11-22-6-3-14(15)9-13;19-18(20)22-10-15(14-4-6-25-11-14)8-17(24)23-16-2-1-13-9-21-5-3-12(13)7-16/h6-8,10,12,15,17H,1-5,9,11,13H2,(H,24,27)(H4,22,23,25);5-6,9-11,13,15,19H,1-4,7-8,12H2,(H4,21,22,24);1-3,5,7-10,16H,4,6,11H2,(H,22,25)(H4,20,21,23);1-3,5-6,8-9,11-12,17H,4,7,10H2,(H4,20,21,23);1-7,9,11,15H,8,10H2,(H,23,24)(H4,19,20,22). The summed E-state index contributed by atoms with van der Waals surface area (Å²) in [4.78, 5) is 126. The third-order valence-electron chi connectivity index (χ3n) is 22.8. The largest absolute Gasteiger partial charge is 0.370 e. The Morgan fingerprint density at radius 2 is 0.930 bits per heavy atom. The van der Waals surface area contributed by atoms with Gasteiger partial charge in [0.1, 0.15) is 23.1 Å². The molecule has 0 spiro atoms. The van der Waals surface area contributed by atoms with Gasteiger partial charge in [0, 0.05) is 163 Å². The molecule has 0 radical (unpaired) electrons. The zero-order chi connectivity index (χ0) is 90.7. The highest BCUT2D eigenvalue weighted by Crippen LogP contribution is 2.36. The number of pyridine rings is 5. The predicted molar refractivity (Wildman–Crippen MR) is 521 cm³/mol. The lowest BCUT2D eigenvalue weighted by molar-refractivity contribution is -0.124. The summed E-state index contributed by atoms with van der Waals surface area (Å²) in [5.41, 5.74) is 61.2. The van der Waals surface area contributed by atoms with Crippen molar-refractivity contribution in [1.82, 2.24) is 24.9 Å². The van der Waals surface area contributed by atoms with E-state index in [9.17, 15) is 33.6 Å². The molecule has 2 aliphatic rings. The topological polar surface area (TPSA) is 524 Å². The fourth-order valence-electron chi connectivity index (χ4n) is 16.4. The zero-order valence-corrected chi connectivity index (χ0v) is 74.1. The van der Waals surface area contributed by atoms with E-state index in [1.165, 1.54) is 32.1 Å². The van der Waals surface area contributed by atoms with E-state index in [2.05, 4.69) is 67.3 Å². The van der Waals surface area contributed by atoms with E-state index in [0.29, 0.717) is 106 Å². The molecule has 5 unspecified atom stereocenters. The third-order valence-corrected chi connectivity index (χ3v) is 25.2. The van der Waals surface area contributed by atoms with Crippen LogP contribution in [0.25, 0.3) is 53.9 Å². The van der Waals surface area contributed by atoms with Crippen LogP contribution in [0.3, 0.4) is 0 Å². The van der Waals surface area contributed by atoms with E-state index in [-0.39, 0.29) is 99.8 Å². The highest BCUT2D eigenvalue weighted by atomic mass is 32.1. The normalized spacial score (nSPS) is 13.6. The Bertz CT molecular complexity index is 6120. The quantitative estimate of drug-likeness (QED) is 0.0132. The van der Waals surface area contributed by atoms with E-state index in [4.69, 9.17) is 57.3 Å². The molecular formula is C97H113N21O7S3. The Balaban J connectivity index is 0.000000155. The number of anilines is 1. The van der Waals surface area contributed by atoms with Crippen LogP contribution in [0.5, 0.6) is 0 Å². The van der Waals surface area contributed by atoms with Crippen LogP contribution in [0, 0.1) is 17.8 Å². The number of aromatic nitrogens is 5. The number of hydrogen-bond acceptors (Lipinski definition) is 18. The molecule has 128 heavy (non-hydrogen) atoms. The van der Waals surface area contributed by atoms with Crippen LogP contribution < -0.4 is 73.8 Å². The second-order valence-electron chi connectivity index (χ2n) is 32.1. The molecule has 5 atom stereocenters. The van der Waals surface area contributed by atoms with Gasteiger partial charge in [0.25, 0.3) is 11.1 Å². The fraction of sp³-hybridized carbons (Fsp3) is 0.309. The Morgan fingerprint density at radius 3 is 1.45 bits per heavy atom. The van der Waals surface area contributed by atoms with Crippen molar-refractivity contribution < 1.29 is 24.0 Å². The second-order valence-corrected chi connectivity index (χ2v) is 34.7. The molecule has 2 aliphatic carbocycles. The van der Waals surface area contributed by atoms with Crippen molar-refractivity contribution in [2.24, 2.45) is 100 Å². The van der Waals surface area contributed by atoms with Crippen LogP contribution in [0.1, 0.15) is 159 Å². The molecule has 31 heteroatoms. The molecule has 666 valence electrons. The Morgan fingerprint density at radius 1 is 0.445 bits per heavy atom. The number of amides is 1. The van der Waals surface area contributed by atoms with Gasteiger partial charge in [-0.25, -0.2) is 4.99 Å². The van der Waals surface area contributed by atoms with E-state index < -0.39 is 0 Å². The lowest BCUT2D eigenvalue weighted by atomic mass is 9.75. The van der Waals surface area contributed by atoms with Crippen LogP contribution in [0.2, 0.25) is 0 Å². The number of nitrogens with zero attached hydrogens (tertiary/aromatic N) is 8. The molecule has 8 heterocycles. The maximum Gasteiger partial charge on any atom is 0.255 e. The average molecular weight is 1780 g/mol. The molecule has 23 N–H and O–H groups in total. The summed E-state index contributed by atoms with van der Waals surface area (Å²) in [5.74, 6) is 1.69. The number of rotatable bonds is 34. The van der Waals surface area contributed by atoms with Crippen molar-refractivity contribution in [3.63, 3.8) is 0 Å². The van der Waals surface area contributed by atoms with Crippen molar-refractivity contribution in [2.45, 2.75) is 152 Å². The monoisotopic (exact) mass is 1780 g/mol. The number of benzene rings is 5. The van der Waals surface area contributed by atoms with Gasteiger partial charge in [0.15, 0.2) is 29.8 Å². The third kappa shape index (κ3) is 30.0. The molecule has 1 amide bonds. The van der Waals surface area contributed by atoms with Crippen LogP contribution in [-0.4, -0.2) is 109 Å². The van der Waals surface area contributed by atoms with Gasteiger partial charge in [0.05, 0.1) is 18.6 Å². The smallest absolute Gasteiger partial charge is 0.255 e. The number of hydrogen-bond donors (Lipinski definition) is 13. The Labute approximate surface area is 754 Å². The summed E-state index contributed by atoms with van der Waals surface area (Å²) < 4.78 is 0. The van der Waals surface area contributed by atoms with Crippen molar-refractivity contribution in [1.29, 1.82) is 0 Å². The summed E-state index contributed by atoms with van der Waals surface area (Å²) >= 11 is 4.74. The van der Waals surface area contributed by atoms with Gasteiger partial charge < -0.3 is 72.6 Å². The number of fused-ring (bicyclic) bond motifs is 5. The number of H-pyrrole nitrogens is 2. The van der Waals surface area contributed by atoms with Crippen LogP contribution in [0.4, 0.5) is 5.69 Å². The van der Waals surface area contributed by atoms with Gasteiger partial charge >= 0.3 is 0 Å². The highest BCUT2D eigenvalue weighted by molar-refractivity contribution is 7.10. The molecule has 13 aromatic rings. The molecule has 2 saturated carbocycles. The number of ketones is 4. The minimum Gasteiger partial charge on any atom is -0.370 e. The zero-order valence-electron chi connectivity index (χ0n) is 71.6. The average Bonchev–Trinajstić information content (AvgIpc) is 0.917. The number of nitrogens with two attached hydrogens (primary N) is 10. The van der Waals surface area contributed by atoms with Gasteiger partial charge in [-0.05, 0) is 223 Å². The molecule has 2 fully saturated rings. The first kappa shape index (κ1) is 95.0. The SMILES string of the molecule is NC(N)=NC(CCC(=O)Cc1ccc2c(=O)[nH]ccc2c1)c1cccs1.NC(N)=NC(CCC(=O)Cc1ccc2cnccc2c1)C1CCCC1.NC(N)=NCC(CC(=O)Nc1ccc2cnccc2c1)c1ccsc1.NC(N)=NCCC(C(=O)Cc1ccc2c(=O)[nH]ccc2c1)C1CCCCC1.NC(N)=NCCC(C(=O)Cc1ccc2cnccc2c1)c1ccsc1. The number of guanidine groups is 5. The maximum absolute atomic E-state index is 13.1. The Hall–Kier alpha value is -13.7. The summed E-state index contributed by atoms with van der Waals surface area (Å²) in [6.45, 7) is 1.32. The van der Waals surface area contributed by atoms with Crippen LogP contribution in [0.15, 0.2) is 257 Å². The number of nitrogens with one attached hydrogen (secondary N) is 3. The van der Waals surface area contributed by atoms with E-state index >= 15 is 0 Å². The van der Waals surface area contributed by atoms with Crippen molar-refractivity contribution >= 4 is 152 Å². The van der Waals surface area contributed by atoms with Crippen molar-refractivity contribution in [3.05, 3.63) is 281 Å². The van der Waals surface area contributed by atoms with Crippen LogP contribution in [-0.2, 0) is 49.7 Å². The number of aromatic amines is 2. The van der Waals surface area contributed by atoms with Gasteiger partial charge in [-0.3, -0.25) is 68.5 Å². The molecule has 8 aromatic heterocycles. The van der Waals surface area contributed by atoms with Gasteiger partial charge in [0.2, 0.25) is 5.91 Å². The number of Topliss-reactive ketones (excluding diaryl/α,β-unsaturated/α-hetero) is 4. The summed E-state index contributed by atoms with van der Waals surface area (Å²) in [5, 5.41) is 22.3. The summed E-state index contributed by atoms with van der Waals surface area (Å²) in [6.07, 6.45) is 29.9. The maximum atomic E-state index is 13.1. The number of thiophene rings is 3. The van der Waals surface area contributed by atoms with Gasteiger partial charge in [-0.2, -0.15) is 22.7 Å². The van der Waals surface area contributed by atoms with E-state index in [1.807, 2.05) is 161 Å². The molecule has 0 bridgehead atoms. The minimum atomic E-state index is -0.195. The summed E-state index contributed by atoms with van der Waals surface area (Å²) in [6, 6.07) is 46.3. The molecule has 0 aliphatic heterocycles. The molecule has 0 saturated heterocycles. The lowest BCUT2D eigenvalue weighted by Crippen LogP contribution is -2.29. The lowest BCUT2D eigenvalue weighted by Gasteiger charge is -2.29. The summed E-state index contributed by atoms with van der Waals surface area (Å²) in [7, 11) is 0. The molecule has 15 rings (SSSR count). The first-order valence-electron chi connectivity index (χ1n) is 42.9. The molecule has 5 aromatic carbocycles. The first-order chi connectivity index (χ1) is 61.9. The van der Waals surface area contributed by atoms with E-state index in [0.717, 1.165) is 119 Å². The number of carbonyl (C=O) groups is 5. The second kappa shape index (κ2) is 48.7. The Kier molecular flexibility index (Phi) is 36.2. The number of carbonyl (C=O) groups excluding carboxylic acids is 5. The molecular weight excluding hydrogens is 1670 g/mol. The van der Waals surface area contributed by atoms with E-state index in [1.54, 1.807) is 83.3 Å². The molecule has 28 nitrogen and oxygen atoms in total. The van der Waals surface area contributed by atoms with Crippen LogP contribution >= 0.6 is 34.0 Å². The predicted octanol–water partition coefficient (Wildman–Crippen LogP) is 13.5. The van der Waals surface area contributed by atoms with Crippen molar-refractivity contribution in [2.75, 3.05) is 25.0 Å².